The summed E-state index contributed by atoms with van der Waals surface area (Å²) in [5.41, 5.74) is 2.65. The zero-order chi connectivity index (χ0) is 29.5. The van der Waals surface area contributed by atoms with E-state index < -0.39 is 17.8 Å². The smallest absolute Gasteiger partial charge is 0.348 e. The van der Waals surface area contributed by atoms with E-state index in [9.17, 15) is 14.4 Å². The average Bonchev–Trinajstić information content (AvgIpc) is 3.44. The van der Waals surface area contributed by atoms with Crippen LogP contribution in [0, 0.1) is 13.8 Å². The number of rotatable bonds is 12. The lowest BCUT2D eigenvalue weighted by atomic mass is 10.1. The third-order valence-corrected chi connectivity index (χ3v) is 7.68. The molecule has 4 rings (SSSR count). The number of aromatic nitrogens is 1. The Hall–Kier alpha value is -4.31. The number of nitrogens with one attached hydrogen (secondary N) is 1. The SMILES string of the molecule is CCOC(=O)c1c(NC(=O)c2c(C)c3cc(OCC)ccc3n2CC)sc(C(=O)OCCOc2ccccc2)c1C. The number of anilines is 1. The number of hydrogen-bond acceptors (Lipinski definition) is 8. The highest BCUT2D eigenvalue weighted by Crippen LogP contribution is 2.36. The summed E-state index contributed by atoms with van der Waals surface area (Å²) in [6.45, 7) is 10.5. The number of esters is 2. The van der Waals surface area contributed by atoms with Gasteiger partial charge in [0, 0.05) is 17.4 Å². The summed E-state index contributed by atoms with van der Waals surface area (Å²) in [4.78, 5) is 39.8. The molecule has 2 heterocycles. The Morgan fingerprint density at radius 1 is 0.829 bits per heavy atom. The maximum atomic E-state index is 13.7. The molecule has 10 heteroatoms. The van der Waals surface area contributed by atoms with Crippen molar-refractivity contribution in [1.29, 1.82) is 0 Å². The molecule has 0 radical (unpaired) electrons. The van der Waals surface area contributed by atoms with Crippen molar-refractivity contribution in [3.8, 4) is 11.5 Å². The number of para-hydroxylation sites is 1. The van der Waals surface area contributed by atoms with Gasteiger partial charge in [-0.25, -0.2) is 9.59 Å². The van der Waals surface area contributed by atoms with Crippen LogP contribution in [-0.4, -0.2) is 48.8 Å². The molecule has 0 unspecified atom stereocenters. The first-order valence-corrected chi connectivity index (χ1v) is 14.3. The maximum absolute atomic E-state index is 13.7. The predicted molar refractivity (Wildman–Crippen MR) is 159 cm³/mol. The van der Waals surface area contributed by atoms with Crippen molar-refractivity contribution in [2.75, 3.05) is 31.7 Å². The first-order valence-electron chi connectivity index (χ1n) is 13.5. The number of amides is 1. The second kappa shape index (κ2) is 13.4. The standard InChI is InChI=1S/C31H34N2O7S/c1-6-33-24-15-14-22(37-7-2)18-23(24)19(4)26(33)28(34)32-29-25(30(35)38-8-3)20(5)27(41-29)31(36)40-17-16-39-21-12-10-9-11-13-21/h9-15,18H,6-8,16-17H2,1-5H3,(H,32,34). The monoisotopic (exact) mass is 578 g/mol. The van der Waals surface area contributed by atoms with Crippen LogP contribution < -0.4 is 14.8 Å². The van der Waals surface area contributed by atoms with E-state index in [0.29, 0.717) is 30.2 Å². The van der Waals surface area contributed by atoms with Crippen molar-refractivity contribution in [3.63, 3.8) is 0 Å². The van der Waals surface area contributed by atoms with Crippen LogP contribution in [0.15, 0.2) is 48.5 Å². The first kappa shape index (κ1) is 29.7. The number of benzene rings is 2. The van der Waals surface area contributed by atoms with Crippen LogP contribution in [0.4, 0.5) is 5.00 Å². The Bertz CT molecular complexity index is 1560. The summed E-state index contributed by atoms with van der Waals surface area (Å²) in [5, 5.41) is 4.01. The Morgan fingerprint density at radius 3 is 2.27 bits per heavy atom. The van der Waals surface area contributed by atoms with Gasteiger partial charge in [-0.15, -0.1) is 11.3 Å². The van der Waals surface area contributed by atoms with Crippen LogP contribution >= 0.6 is 11.3 Å². The number of carbonyl (C=O) groups is 3. The molecule has 0 aliphatic heterocycles. The fourth-order valence-corrected chi connectivity index (χ4v) is 5.75. The van der Waals surface area contributed by atoms with Crippen LogP contribution in [0.5, 0.6) is 11.5 Å². The molecule has 41 heavy (non-hydrogen) atoms. The normalized spacial score (nSPS) is 10.9. The van der Waals surface area contributed by atoms with Crippen molar-refractivity contribution in [1.82, 2.24) is 4.57 Å². The molecular formula is C31H34N2O7S. The lowest BCUT2D eigenvalue weighted by Crippen LogP contribution is -2.19. The third-order valence-electron chi connectivity index (χ3n) is 6.50. The van der Waals surface area contributed by atoms with E-state index in [1.54, 1.807) is 13.8 Å². The summed E-state index contributed by atoms with van der Waals surface area (Å²) >= 11 is 0.984. The molecule has 1 N–H and O–H groups in total. The molecule has 0 atom stereocenters. The van der Waals surface area contributed by atoms with E-state index in [4.69, 9.17) is 18.9 Å². The Kier molecular flexibility index (Phi) is 9.67. The third kappa shape index (κ3) is 6.38. The van der Waals surface area contributed by atoms with Crippen LogP contribution in [-0.2, 0) is 16.0 Å². The number of hydrogen-bond donors (Lipinski definition) is 1. The Morgan fingerprint density at radius 2 is 1.59 bits per heavy atom. The Labute approximate surface area is 243 Å². The zero-order valence-corrected chi connectivity index (χ0v) is 24.7. The second-order valence-electron chi connectivity index (χ2n) is 9.06. The van der Waals surface area contributed by atoms with Gasteiger partial charge in [-0.1, -0.05) is 18.2 Å². The molecule has 1 amide bonds. The zero-order valence-electron chi connectivity index (χ0n) is 23.9. The molecule has 4 aromatic rings. The lowest BCUT2D eigenvalue weighted by molar-refractivity contribution is 0.0455. The van der Waals surface area contributed by atoms with Gasteiger partial charge in [0.1, 0.15) is 40.3 Å². The molecular weight excluding hydrogens is 544 g/mol. The predicted octanol–water partition coefficient (Wildman–Crippen LogP) is 6.40. The molecule has 0 saturated carbocycles. The van der Waals surface area contributed by atoms with Gasteiger partial charge in [-0.05, 0) is 76.1 Å². The van der Waals surface area contributed by atoms with Gasteiger partial charge in [0.2, 0.25) is 0 Å². The van der Waals surface area contributed by atoms with E-state index in [-0.39, 0.29) is 35.3 Å². The molecule has 2 aromatic heterocycles. The summed E-state index contributed by atoms with van der Waals surface area (Å²) in [7, 11) is 0. The van der Waals surface area contributed by atoms with Gasteiger partial charge in [0.25, 0.3) is 5.91 Å². The molecule has 9 nitrogen and oxygen atoms in total. The molecule has 2 aromatic carbocycles. The maximum Gasteiger partial charge on any atom is 0.348 e. The van der Waals surface area contributed by atoms with E-state index in [2.05, 4.69) is 5.32 Å². The highest BCUT2D eigenvalue weighted by molar-refractivity contribution is 7.18. The summed E-state index contributed by atoms with van der Waals surface area (Å²) in [5.74, 6) is -0.255. The van der Waals surface area contributed by atoms with Gasteiger partial charge in [0.15, 0.2) is 0 Å². The summed E-state index contributed by atoms with van der Waals surface area (Å²) in [6, 6.07) is 14.9. The van der Waals surface area contributed by atoms with Gasteiger partial charge in [0.05, 0.1) is 18.8 Å². The van der Waals surface area contributed by atoms with Crippen molar-refractivity contribution >= 4 is 45.1 Å². The number of aryl methyl sites for hydroxylation is 2. The van der Waals surface area contributed by atoms with E-state index in [1.807, 2.05) is 73.9 Å². The average molecular weight is 579 g/mol. The highest BCUT2D eigenvalue weighted by Gasteiger charge is 2.29. The number of carbonyl (C=O) groups excluding carboxylic acids is 3. The summed E-state index contributed by atoms with van der Waals surface area (Å²) in [6.07, 6.45) is 0. The largest absolute Gasteiger partial charge is 0.494 e. The number of thiophene rings is 1. The van der Waals surface area contributed by atoms with Gasteiger partial charge in [-0.3, -0.25) is 4.79 Å². The fraction of sp³-hybridized carbons (Fsp3) is 0.323. The van der Waals surface area contributed by atoms with Crippen molar-refractivity contribution in [2.24, 2.45) is 0 Å². The molecule has 0 fully saturated rings. The molecule has 216 valence electrons. The number of ether oxygens (including phenoxy) is 4. The molecule has 0 saturated heterocycles. The Balaban J connectivity index is 1.60. The van der Waals surface area contributed by atoms with Crippen LogP contribution in [0.1, 0.15) is 62.4 Å². The summed E-state index contributed by atoms with van der Waals surface area (Å²) < 4.78 is 23.8. The minimum absolute atomic E-state index is 0.0149. The molecule has 0 bridgehead atoms. The molecule has 0 aliphatic rings. The minimum atomic E-state index is -0.628. The fourth-order valence-electron chi connectivity index (χ4n) is 4.66. The molecule has 0 spiro atoms. The van der Waals surface area contributed by atoms with Crippen molar-refractivity contribution in [3.05, 3.63) is 75.8 Å². The quantitative estimate of drug-likeness (QED) is 0.153. The minimum Gasteiger partial charge on any atom is -0.494 e. The van der Waals surface area contributed by atoms with Crippen molar-refractivity contribution < 1.29 is 33.3 Å². The number of fused-ring (bicyclic) bond motifs is 1. The van der Waals surface area contributed by atoms with Crippen LogP contribution in [0.3, 0.4) is 0 Å². The van der Waals surface area contributed by atoms with E-state index >= 15 is 0 Å². The van der Waals surface area contributed by atoms with Gasteiger partial charge in [-0.2, -0.15) is 0 Å². The van der Waals surface area contributed by atoms with Crippen LogP contribution in [0.2, 0.25) is 0 Å². The van der Waals surface area contributed by atoms with E-state index in [0.717, 1.165) is 33.6 Å². The van der Waals surface area contributed by atoms with Gasteiger partial charge >= 0.3 is 11.9 Å². The highest BCUT2D eigenvalue weighted by atomic mass is 32.1. The second-order valence-corrected chi connectivity index (χ2v) is 10.1. The first-order chi connectivity index (χ1) is 19.8. The van der Waals surface area contributed by atoms with E-state index in [1.165, 1.54) is 0 Å². The number of nitrogens with zero attached hydrogens (tertiary/aromatic N) is 1. The van der Waals surface area contributed by atoms with Gasteiger partial charge < -0.3 is 28.8 Å². The van der Waals surface area contributed by atoms with Crippen molar-refractivity contribution in [2.45, 2.75) is 41.2 Å². The van der Waals surface area contributed by atoms with Crippen LogP contribution in [0.25, 0.3) is 10.9 Å². The topological polar surface area (TPSA) is 105 Å². The lowest BCUT2D eigenvalue weighted by Gasteiger charge is -2.10. The molecule has 0 aliphatic carbocycles.